The second kappa shape index (κ2) is 6.14. The number of carboxylic acid groups (broad SMARTS) is 1. The van der Waals surface area contributed by atoms with Gasteiger partial charge >= 0.3 is 5.97 Å². The van der Waals surface area contributed by atoms with Crippen molar-refractivity contribution >= 4 is 5.97 Å². The van der Waals surface area contributed by atoms with Gasteiger partial charge in [-0.25, -0.2) is 0 Å². The largest absolute Gasteiger partial charge is 0.497 e. The number of rotatable bonds is 6. The molecule has 106 valence electrons. The molecule has 2 aromatic rings. The minimum Gasteiger partial charge on any atom is -0.497 e. The van der Waals surface area contributed by atoms with E-state index in [-0.39, 0.29) is 6.42 Å². The lowest BCUT2D eigenvalue weighted by molar-refractivity contribution is -0.138. The minimum absolute atomic E-state index is 0.269. The maximum atomic E-state index is 11.5. The number of aliphatic carboxylic acids is 1. The van der Waals surface area contributed by atoms with Crippen LogP contribution in [0, 0.1) is 0 Å². The SMILES string of the molecule is COc1ccc(C(Cc2ccco2)C(=O)O)c(OC)c1. The zero-order chi connectivity index (χ0) is 14.5. The standard InChI is InChI=1S/C15H16O5/c1-18-10-5-6-12(14(9-10)19-2)13(15(16)17)8-11-4-3-7-20-11/h3-7,9,13H,8H2,1-2H3,(H,16,17). The van der Waals surface area contributed by atoms with Gasteiger partial charge in [0.2, 0.25) is 0 Å². The van der Waals surface area contributed by atoms with E-state index in [0.717, 1.165) is 0 Å². The van der Waals surface area contributed by atoms with Gasteiger partial charge in [0.25, 0.3) is 0 Å². The Kier molecular flexibility index (Phi) is 4.30. The highest BCUT2D eigenvalue weighted by Gasteiger charge is 2.25. The average Bonchev–Trinajstić information content (AvgIpc) is 2.97. The molecular formula is C15H16O5. The third-order valence-corrected chi connectivity index (χ3v) is 3.10. The van der Waals surface area contributed by atoms with Crippen molar-refractivity contribution in [2.24, 2.45) is 0 Å². The van der Waals surface area contributed by atoms with E-state index in [1.165, 1.54) is 13.4 Å². The van der Waals surface area contributed by atoms with E-state index in [1.54, 1.807) is 37.4 Å². The third-order valence-electron chi connectivity index (χ3n) is 3.10. The molecule has 0 aliphatic rings. The normalized spacial score (nSPS) is 11.9. The maximum absolute atomic E-state index is 11.5. The summed E-state index contributed by atoms with van der Waals surface area (Å²) < 4.78 is 15.6. The van der Waals surface area contributed by atoms with Crippen molar-refractivity contribution in [3.63, 3.8) is 0 Å². The highest BCUT2D eigenvalue weighted by Crippen LogP contribution is 2.32. The molecule has 5 nitrogen and oxygen atoms in total. The lowest BCUT2D eigenvalue weighted by Crippen LogP contribution is -2.15. The topological polar surface area (TPSA) is 68.9 Å². The molecule has 0 bridgehead atoms. The Morgan fingerprint density at radius 1 is 1.30 bits per heavy atom. The molecule has 0 spiro atoms. The molecule has 1 N–H and O–H groups in total. The van der Waals surface area contributed by atoms with Crippen molar-refractivity contribution in [3.8, 4) is 11.5 Å². The van der Waals surface area contributed by atoms with Crippen LogP contribution in [0.15, 0.2) is 41.0 Å². The fourth-order valence-electron chi connectivity index (χ4n) is 2.07. The third kappa shape index (κ3) is 2.93. The van der Waals surface area contributed by atoms with Gasteiger partial charge in [0.05, 0.1) is 26.4 Å². The predicted molar refractivity (Wildman–Crippen MR) is 72.3 cm³/mol. The molecule has 0 aliphatic carbocycles. The number of hydrogen-bond donors (Lipinski definition) is 1. The van der Waals surface area contributed by atoms with Gasteiger partial charge in [-0.15, -0.1) is 0 Å². The number of ether oxygens (including phenoxy) is 2. The van der Waals surface area contributed by atoms with E-state index in [4.69, 9.17) is 13.9 Å². The van der Waals surface area contributed by atoms with Crippen LogP contribution in [0.25, 0.3) is 0 Å². The molecule has 20 heavy (non-hydrogen) atoms. The number of furan rings is 1. The van der Waals surface area contributed by atoms with Crippen molar-refractivity contribution < 1.29 is 23.8 Å². The number of carbonyl (C=O) groups is 1. The summed E-state index contributed by atoms with van der Waals surface area (Å²) in [6.07, 6.45) is 1.80. The monoisotopic (exact) mass is 276 g/mol. The fraction of sp³-hybridized carbons (Fsp3) is 0.267. The molecule has 0 aliphatic heterocycles. The summed E-state index contributed by atoms with van der Waals surface area (Å²) in [6, 6.07) is 8.59. The Labute approximate surface area is 116 Å². The molecule has 5 heteroatoms. The van der Waals surface area contributed by atoms with Crippen LogP contribution in [-0.4, -0.2) is 25.3 Å². The summed E-state index contributed by atoms with van der Waals surface area (Å²) in [7, 11) is 3.05. The van der Waals surface area contributed by atoms with Gasteiger partial charge in [0, 0.05) is 18.1 Å². The van der Waals surface area contributed by atoms with E-state index >= 15 is 0 Å². The van der Waals surface area contributed by atoms with Crippen molar-refractivity contribution in [2.45, 2.75) is 12.3 Å². The lowest BCUT2D eigenvalue weighted by atomic mass is 9.93. The molecule has 0 saturated carbocycles. The predicted octanol–water partition coefficient (Wildman–Crippen LogP) is 2.71. The average molecular weight is 276 g/mol. The van der Waals surface area contributed by atoms with Crippen molar-refractivity contribution in [2.75, 3.05) is 14.2 Å². The first-order chi connectivity index (χ1) is 9.65. The number of methoxy groups -OCH3 is 2. The zero-order valence-electron chi connectivity index (χ0n) is 11.3. The fourth-order valence-corrected chi connectivity index (χ4v) is 2.07. The van der Waals surface area contributed by atoms with Crippen LogP contribution in [0.4, 0.5) is 0 Å². The minimum atomic E-state index is -0.926. The number of hydrogen-bond acceptors (Lipinski definition) is 4. The van der Waals surface area contributed by atoms with E-state index in [2.05, 4.69) is 0 Å². The Hall–Kier alpha value is -2.43. The van der Waals surface area contributed by atoms with Gasteiger partial charge in [-0.1, -0.05) is 6.07 Å². The molecule has 1 aromatic heterocycles. The van der Waals surface area contributed by atoms with Gasteiger partial charge < -0.3 is 19.0 Å². The first-order valence-corrected chi connectivity index (χ1v) is 6.12. The summed E-state index contributed by atoms with van der Waals surface area (Å²) in [5.41, 5.74) is 0.595. The van der Waals surface area contributed by atoms with Crippen molar-refractivity contribution in [3.05, 3.63) is 47.9 Å². The van der Waals surface area contributed by atoms with E-state index in [1.807, 2.05) is 0 Å². The Morgan fingerprint density at radius 2 is 2.10 bits per heavy atom. The van der Waals surface area contributed by atoms with Crippen LogP contribution < -0.4 is 9.47 Å². The highest BCUT2D eigenvalue weighted by molar-refractivity contribution is 5.77. The van der Waals surface area contributed by atoms with Gasteiger partial charge in [0.1, 0.15) is 17.3 Å². The van der Waals surface area contributed by atoms with Crippen LogP contribution in [0.3, 0.4) is 0 Å². The molecule has 1 atom stereocenters. The van der Waals surface area contributed by atoms with Crippen LogP contribution in [0.2, 0.25) is 0 Å². The molecule has 2 rings (SSSR count). The van der Waals surface area contributed by atoms with Crippen LogP contribution in [-0.2, 0) is 11.2 Å². The summed E-state index contributed by atoms with van der Waals surface area (Å²) >= 11 is 0. The first kappa shape index (κ1) is 14.0. The molecule has 0 saturated heterocycles. The van der Waals surface area contributed by atoms with Crippen LogP contribution >= 0.6 is 0 Å². The van der Waals surface area contributed by atoms with Gasteiger partial charge in [0.15, 0.2) is 0 Å². The smallest absolute Gasteiger partial charge is 0.311 e. The molecule has 0 radical (unpaired) electrons. The summed E-state index contributed by atoms with van der Waals surface area (Å²) in [4.78, 5) is 11.5. The molecule has 1 unspecified atom stereocenters. The van der Waals surface area contributed by atoms with E-state index in [9.17, 15) is 9.90 Å². The van der Waals surface area contributed by atoms with Crippen LogP contribution in [0.1, 0.15) is 17.2 Å². The van der Waals surface area contributed by atoms with Gasteiger partial charge in [-0.05, 0) is 18.2 Å². The van der Waals surface area contributed by atoms with Gasteiger partial charge in [-0.3, -0.25) is 4.79 Å². The van der Waals surface area contributed by atoms with Crippen LogP contribution in [0.5, 0.6) is 11.5 Å². The van der Waals surface area contributed by atoms with Crippen molar-refractivity contribution in [1.82, 2.24) is 0 Å². The Morgan fingerprint density at radius 3 is 2.65 bits per heavy atom. The molecule has 0 fully saturated rings. The summed E-state index contributed by atoms with van der Waals surface area (Å²) in [5, 5.41) is 9.44. The number of carboxylic acids is 1. The van der Waals surface area contributed by atoms with E-state index in [0.29, 0.717) is 22.8 Å². The Bertz CT molecular complexity index is 574. The summed E-state index contributed by atoms with van der Waals surface area (Å²) in [6.45, 7) is 0. The second-order valence-electron chi connectivity index (χ2n) is 4.28. The Balaban J connectivity index is 2.36. The summed E-state index contributed by atoms with van der Waals surface area (Å²) in [5.74, 6) is 0.0678. The first-order valence-electron chi connectivity index (χ1n) is 6.12. The molecule has 1 aromatic carbocycles. The maximum Gasteiger partial charge on any atom is 0.311 e. The van der Waals surface area contributed by atoms with Crippen molar-refractivity contribution in [1.29, 1.82) is 0 Å². The zero-order valence-corrected chi connectivity index (χ0v) is 11.3. The van der Waals surface area contributed by atoms with Gasteiger partial charge in [-0.2, -0.15) is 0 Å². The van der Waals surface area contributed by atoms with E-state index < -0.39 is 11.9 Å². The quantitative estimate of drug-likeness (QED) is 0.878. The molecular weight excluding hydrogens is 260 g/mol. The highest BCUT2D eigenvalue weighted by atomic mass is 16.5. The molecule has 0 amide bonds. The molecule has 1 heterocycles. The number of benzene rings is 1. The lowest BCUT2D eigenvalue weighted by Gasteiger charge is -2.16. The second-order valence-corrected chi connectivity index (χ2v) is 4.28.